The van der Waals surface area contributed by atoms with Crippen LogP contribution in [-0.2, 0) is 14.8 Å². The first kappa shape index (κ1) is 17.7. The molecule has 2 aliphatic rings. The lowest BCUT2D eigenvalue weighted by molar-refractivity contribution is 0.0617. The first-order valence-electron chi connectivity index (χ1n) is 8.66. The van der Waals surface area contributed by atoms with Gasteiger partial charge in [-0.2, -0.15) is 4.31 Å². The highest BCUT2D eigenvalue weighted by atomic mass is 32.2. The number of benzene rings is 1. The number of nitrogens with zero attached hydrogens (tertiary/aromatic N) is 2. The molecule has 0 amide bonds. The van der Waals surface area contributed by atoms with Crippen LogP contribution in [0.1, 0.15) is 19.8 Å². The third-order valence-corrected chi connectivity index (χ3v) is 6.50. The van der Waals surface area contributed by atoms with Crippen molar-refractivity contribution in [3.8, 4) is 5.75 Å². The van der Waals surface area contributed by atoms with Crippen molar-refractivity contribution < 1.29 is 17.9 Å². The first-order chi connectivity index (χ1) is 11.6. The van der Waals surface area contributed by atoms with Gasteiger partial charge in [0, 0.05) is 39.3 Å². The van der Waals surface area contributed by atoms with E-state index < -0.39 is 10.0 Å². The lowest BCUT2D eigenvalue weighted by Crippen LogP contribution is -2.50. The Balaban J connectivity index is 1.57. The van der Waals surface area contributed by atoms with Gasteiger partial charge in [0.25, 0.3) is 0 Å². The van der Waals surface area contributed by atoms with Crippen molar-refractivity contribution in [2.75, 3.05) is 45.9 Å². The van der Waals surface area contributed by atoms with Crippen LogP contribution in [0.15, 0.2) is 29.2 Å². The van der Waals surface area contributed by atoms with Crippen LogP contribution in [0.4, 0.5) is 0 Å². The molecule has 24 heavy (non-hydrogen) atoms. The third-order valence-electron chi connectivity index (χ3n) is 4.59. The topological polar surface area (TPSA) is 59.1 Å². The molecule has 6 nitrogen and oxygen atoms in total. The van der Waals surface area contributed by atoms with E-state index in [2.05, 4.69) is 4.90 Å². The van der Waals surface area contributed by atoms with Crippen molar-refractivity contribution in [1.82, 2.24) is 9.21 Å². The highest BCUT2D eigenvalue weighted by Gasteiger charge is 2.29. The van der Waals surface area contributed by atoms with Crippen molar-refractivity contribution in [3.63, 3.8) is 0 Å². The van der Waals surface area contributed by atoms with E-state index in [0.717, 1.165) is 39.1 Å². The van der Waals surface area contributed by atoms with Gasteiger partial charge in [-0.15, -0.1) is 0 Å². The minimum Gasteiger partial charge on any atom is -0.494 e. The molecular formula is C17H26N2O4S. The summed E-state index contributed by atoms with van der Waals surface area (Å²) in [5.74, 6) is 0.692. The van der Waals surface area contributed by atoms with Crippen LogP contribution in [0.5, 0.6) is 5.75 Å². The van der Waals surface area contributed by atoms with Gasteiger partial charge in [-0.05, 0) is 44.0 Å². The zero-order chi connectivity index (χ0) is 17.0. The van der Waals surface area contributed by atoms with Gasteiger partial charge in [0.1, 0.15) is 5.75 Å². The van der Waals surface area contributed by atoms with Crippen LogP contribution in [-0.4, -0.2) is 69.7 Å². The Hall–Kier alpha value is -1.15. The van der Waals surface area contributed by atoms with Crippen LogP contribution < -0.4 is 4.74 Å². The van der Waals surface area contributed by atoms with Crippen molar-refractivity contribution in [3.05, 3.63) is 24.3 Å². The number of piperazine rings is 1. The van der Waals surface area contributed by atoms with Crippen molar-refractivity contribution in [1.29, 1.82) is 0 Å². The zero-order valence-corrected chi connectivity index (χ0v) is 15.0. The molecule has 1 unspecified atom stereocenters. The molecule has 0 bridgehead atoms. The van der Waals surface area contributed by atoms with Crippen LogP contribution >= 0.6 is 0 Å². The molecule has 7 heteroatoms. The summed E-state index contributed by atoms with van der Waals surface area (Å²) in [6.07, 6.45) is 2.57. The number of sulfonamides is 1. The fourth-order valence-electron chi connectivity index (χ4n) is 3.25. The third kappa shape index (κ3) is 4.08. The average molecular weight is 354 g/mol. The Morgan fingerprint density at radius 2 is 1.88 bits per heavy atom. The number of hydrogen-bond donors (Lipinski definition) is 0. The lowest BCUT2D eigenvalue weighted by Gasteiger charge is -2.35. The van der Waals surface area contributed by atoms with Gasteiger partial charge in [-0.1, -0.05) is 0 Å². The van der Waals surface area contributed by atoms with E-state index >= 15 is 0 Å². The molecule has 0 radical (unpaired) electrons. The maximum atomic E-state index is 12.7. The molecule has 0 saturated carbocycles. The van der Waals surface area contributed by atoms with Gasteiger partial charge in [0.2, 0.25) is 10.0 Å². The molecule has 2 aliphatic heterocycles. The predicted molar refractivity (Wildman–Crippen MR) is 91.8 cm³/mol. The molecule has 1 atom stereocenters. The summed E-state index contributed by atoms with van der Waals surface area (Å²) in [6, 6.07) is 6.67. The van der Waals surface area contributed by atoms with Crippen LogP contribution in [0, 0.1) is 0 Å². The molecule has 3 rings (SSSR count). The Bertz CT molecular complexity index is 618. The van der Waals surface area contributed by atoms with E-state index in [1.165, 1.54) is 0 Å². The van der Waals surface area contributed by atoms with Gasteiger partial charge in [0.05, 0.1) is 17.6 Å². The van der Waals surface area contributed by atoms with Crippen LogP contribution in [0.3, 0.4) is 0 Å². The van der Waals surface area contributed by atoms with Gasteiger partial charge in [0.15, 0.2) is 0 Å². The van der Waals surface area contributed by atoms with Gasteiger partial charge < -0.3 is 9.47 Å². The molecular weight excluding hydrogens is 328 g/mol. The molecule has 2 saturated heterocycles. The quantitative estimate of drug-likeness (QED) is 0.776. The maximum absolute atomic E-state index is 12.7. The molecule has 1 aromatic rings. The summed E-state index contributed by atoms with van der Waals surface area (Å²) in [6.45, 7) is 6.82. The predicted octanol–water partition coefficient (Wildman–Crippen LogP) is 1.57. The van der Waals surface area contributed by atoms with Gasteiger partial charge in [-0.25, -0.2) is 8.42 Å². The molecule has 1 aromatic carbocycles. The van der Waals surface area contributed by atoms with E-state index in [1.54, 1.807) is 28.6 Å². The maximum Gasteiger partial charge on any atom is 0.243 e. The second-order valence-electron chi connectivity index (χ2n) is 6.24. The van der Waals surface area contributed by atoms with Crippen molar-refractivity contribution in [2.45, 2.75) is 30.8 Å². The monoisotopic (exact) mass is 354 g/mol. The Kier molecular flexibility index (Phi) is 5.76. The SMILES string of the molecule is CCOc1ccc(S(=O)(=O)N2CCN(CC3CCCO3)CC2)cc1. The minimum atomic E-state index is -3.42. The first-order valence-corrected chi connectivity index (χ1v) is 10.1. The van der Waals surface area contributed by atoms with Crippen molar-refractivity contribution in [2.24, 2.45) is 0 Å². The fraction of sp³-hybridized carbons (Fsp3) is 0.647. The molecule has 0 aromatic heterocycles. The molecule has 2 fully saturated rings. The van der Waals surface area contributed by atoms with Gasteiger partial charge in [-0.3, -0.25) is 4.90 Å². The van der Waals surface area contributed by atoms with Gasteiger partial charge >= 0.3 is 0 Å². The normalized spacial score (nSPS) is 23.5. The summed E-state index contributed by atoms with van der Waals surface area (Å²) >= 11 is 0. The number of rotatable bonds is 6. The molecule has 0 N–H and O–H groups in total. The smallest absolute Gasteiger partial charge is 0.243 e. The van der Waals surface area contributed by atoms with E-state index in [-0.39, 0.29) is 0 Å². The lowest BCUT2D eigenvalue weighted by atomic mass is 10.2. The van der Waals surface area contributed by atoms with E-state index in [4.69, 9.17) is 9.47 Å². The number of ether oxygens (including phenoxy) is 2. The summed E-state index contributed by atoms with van der Waals surface area (Å²) in [4.78, 5) is 2.64. The Morgan fingerprint density at radius 1 is 1.17 bits per heavy atom. The largest absolute Gasteiger partial charge is 0.494 e. The minimum absolute atomic E-state index is 0.319. The summed E-state index contributed by atoms with van der Waals surface area (Å²) in [7, 11) is -3.42. The molecule has 2 heterocycles. The highest BCUT2D eigenvalue weighted by Crippen LogP contribution is 2.21. The average Bonchev–Trinajstić information content (AvgIpc) is 3.09. The second kappa shape index (κ2) is 7.82. The van der Waals surface area contributed by atoms with Crippen molar-refractivity contribution >= 4 is 10.0 Å². The zero-order valence-electron chi connectivity index (χ0n) is 14.2. The molecule has 134 valence electrons. The van der Waals surface area contributed by atoms with E-state index in [9.17, 15) is 8.42 Å². The summed E-state index contributed by atoms with van der Waals surface area (Å²) in [5, 5.41) is 0. The van der Waals surface area contributed by atoms with E-state index in [1.807, 2.05) is 6.92 Å². The number of hydrogen-bond acceptors (Lipinski definition) is 5. The van der Waals surface area contributed by atoms with Crippen LogP contribution in [0.2, 0.25) is 0 Å². The van der Waals surface area contributed by atoms with Crippen LogP contribution in [0.25, 0.3) is 0 Å². The highest BCUT2D eigenvalue weighted by molar-refractivity contribution is 7.89. The fourth-order valence-corrected chi connectivity index (χ4v) is 4.67. The Morgan fingerprint density at radius 3 is 2.46 bits per heavy atom. The molecule has 0 aliphatic carbocycles. The Labute approximate surface area is 144 Å². The summed E-state index contributed by atoms with van der Waals surface area (Å²) < 4.78 is 38.1. The summed E-state index contributed by atoms with van der Waals surface area (Å²) in [5.41, 5.74) is 0. The standard InChI is InChI=1S/C17H26N2O4S/c1-2-22-15-5-7-17(8-6-15)24(20,21)19-11-9-18(10-12-19)14-16-4-3-13-23-16/h5-8,16H,2-4,9-14H2,1H3. The second-order valence-corrected chi connectivity index (χ2v) is 8.18. The molecule has 0 spiro atoms. The van der Waals surface area contributed by atoms with E-state index in [0.29, 0.717) is 36.4 Å².